The number of nitrogen functional groups attached to an aromatic ring is 2. The number of amides is 1. The summed E-state index contributed by atoms with van der Waals surface area (Å²) >= 11 is 6.95. The lowest BCUT2D eigenvalue weighted by Gasteiger charge is -2.25. The van der Waals surface area contributed by atoms with Crippen LogP contribution in [0.15, 0.2) is 30.6 Å². The fraction of sp³-hybridized carbons (Fsp3) is 0.348. The fourth-order valence-electron chi connectivity index (χ4n) is 5.20. The van der Waals surface area contributed by atoms with Crippen molar-refractivity contribution in [1.82, 2.24) is 19.7 Å². The second kappa shape index (κ2) is 7.62. The third-order valence-electron chi connectivity index (χ3n) is 6.85. The quantitative estimate of drug-likeness (QED) is 0.504. The van der Waals surface area contributed by atoms with Gasteiger partial charge in [-0.25, -0.2) is 14.1 Å². The highest BCUT2D eigenvalue weighted by Gasteiger charge is 2.48. The Labute approximate surface area is 195 Å². The highest BCUT2D eigenvalue weighted by atomic mass is 35.5. The molecule has 1 aromatic carbocycles. The van der Waals surface area contributed by atoms with Gasteiger partial charge >= 0.3 is 0 Å². The number of benzene rings is 1. The summed E-state index contributed by atoms with van der Waals surface area (Å²) in [4.78, 5) is 18.4. The summed E-state index contributed by atoms with van der Waals surface area (Å²) in [6.45, 7) is 0.685. The number of hydrogen-bond acceptors (Lipinski definition) is 6. The summed E-state index contributed by atoms with van der Waals surface area (Å²) in [5, 5.41) is 8.19. The average molecular weight is 470 g/mol. The summed E-state index contributed by atoms with van der Waals surface area (Å²) in [7, 11) is 3.10. The molecular weight excluding hydrogens is 445 g/mol. The van der Waals surface area contributed by atoms with E-state index >= 15 is 4.39 Å². The zero-order chi connectivity index (χ0) is 23.5. The number of pyridine rings is 1. The van der Waals surface area contributed by atoms with Gasteiger partial charge in [-0.1, -0.05) is 11.6 Å². The molecule has 0 bridgehead atoms. The van der Waals surface area contributed by atoms with Crippen LogP contribution in [0.25, 0.3) is 11.1 Å². The molecule has 0 radical (unpaired) electrons. The van der Waals surface area contributed by atoms with E-state index in [9.17, 15) is 4.79 Å². The average Bonchev–Trinajstić information content (AvgIpc) is 3.48. The van der Waals surface area contributed by atoms with Gasteiger partial charge < -0.3 is 21.7 Å². The number of nitrogens with zero attached hydrogens (tertiary/aromatic N) is 4. The smallest absolute Gasteiger partial charge is 0.258 e. The molecule has 3 aromatic rings. The number of anilines is 3. The van der Waals surface area contributed by atoms with Crippen LogP contribution in [0.4, 0.5) is 21.7 Å². The summed E-state index contributed by atoms with van der Waals surface area (Å²) in [6, 6.07) is 5.00. The van der Waals surface area contributed by atoms with Gasteiger partial charge in [0, 0.05) is 54.6 Å². The van der Waals surface area contributed by atoms with E-state index in [1.165, 1.54) is 11.0 Å². The zero-order valence-corrected chi connectivity index (χ0v) is 19.2. The number of aromatic nitrogens is 3. The normalized spacial score (nSPS) is 21.3. The van der Waals surface area contributed by atoms with Crippen molar-refractivity contribution in [3.05, 3.63) is 52.6 Å². The maximum Gasteiger partial charge on any atom is 0.258 e. The Morgan fingerprint density at radius 2 is 2.09 bits per heavy atom. The number of rotatable bonds is 3. The number of carbonyl (C=O) groups excluding carboxylic acids is 1. The number of nitrogens with two attached hydrogens (primary N) is 2. The van der Waals surface area contributed by atoms with Crippen molar-refractivity contribution in [2.45, 2.75) is 30.7 Å². The lowest BCUT2D eigenvalue weighted by Crippen LogP contribution is -2.26. The van der Waals surface area contributed by atoms with E-state index in [0.717, 1.165) is 24.8 Å². The first-order valence-corrected chi connectivity index (χ1v) is 11.1. The van der Waals surface area contributed by atoms with Crippen LogP contribution in [0, 0.1) is 5.82 Å². The van der Waals surface area contributed by atoms with Crippen LogP contribution in [-0.4, -0.2) is 46.2 Å². The molecule has 0 saturated heterocycles. The van der Waals surface area contributed by atoms with Gasteiger partial charge in [0.2, 0.25) is 0 Å². The Bertz CT molecular complexity index is 1270. The number of carbonyl (C=O) groups is 1. The van der Waals surface area contributed by atoms with Gasteiger partial charge in [0.25, 0.3) is 5.91 Å². The molecule has 172 valence electrons. The lowest BCUT2D eigenvalue weighted by atomic mass is 9.80. The van der Waals surface area contributed by atoms with E-state index < -0.39 is 11.7 Å². The molecule has 1 saturated carbocycles. The van der Waals surface area contributed by atoms with E-state index in [4.69, 9.17) is 23.1 Å². The predicted octanol–water partition coefficient (Wildman–Crippen LogP) is 3.69. The molecule has 5 rings (SSSR count). The highest BCUT2D eigenvalue weighted by molar-refractivity contribution is 6.34. The molecule has 2 unspecified atom stereocenters. The summed E-state index contributed by atoms with van der Waals surface area (Å²) in [5.41, 5.74) is 13.2. The Morgan fingerprint density at radius 3 is 2.79 bits per heavy atom. The fourth-order valence-corrected chi connectivity index (χ4v) is 5.64. The van der Waals surface area contributed by atoms with E-state index in [-0.39, 0.29) is 28.3 Å². The molecule has 3 heterocycles. The minimum absolute atomic E-state index is 0.0776. The molecule has 1 spiro atoms. The molecule has 5 N–H and O–H groups in total. The van der Waals surface area contributed by atoms with Crippen LogP contribution >= 0.6 is 11.6 Å². The molecule has 1 amide bonds. The molecule has 10 heteroatoms. The molecule has 33 heavy (non-hydrogen) atoms. The molecular formula is C23H25ClFN7O. The van der Waals surface area contributed by atoms with Gasteiger partial charge in [0.1, 0.15) is 17.5 Å². The number of fused-ring (bicyclic) bond motifs is 2. The lowest BCUT2D eigenvalue weighted by molar-refractivity contribution is 0.0824. The van der Waals surface area contributed by atoms with Crippen LogP contribution in [-0.2, 0) is 5.41 Å². The van der Waals surface area contributed by atoms with Crippen LogP contribution in [0.5, 0.6) is 0 Å². The monoisotopic (exact) mass is 469 g/mol. The molecule has 2 aromatic heterocycles. The second-order valence-corrected chi connectivity index (χ2v) is 9.41. The second-order valence-electron chi connectivity index (χ2n) is 9.03. The minimum atomic E-state index is -0.703. The number of halogens is 2. The van der Waals surface area contributed by atoms with Crippen LogP contribution in [0.3, 0.4) is 0 Å². The Balaban J connectivity index is 1.59. The Hall–Kier alpha value is -3.33. The number of nitrogens with one attached hydrogen (secondary N) is 1. The van der Waals surface area contributed by atoms with Crippen molar-refractivity contribution in [3.8, 4) is 11.1 Å². The zero-order valence-electron chi connectivity index (χ0n) is 18.4. The molecule has 1 aliphatic carbocycles. The molecule has 2 aliphatic rings. The highest BCUT2D eigenvalue weighted by Crippen LogP contribution is 2.55. The number of hydrogen-bond donors (Lipinski definition) is 3. The first-order chi connectivity index (χ1) is 15.7. The predicted molar refractivity (Wildman–Crippen MR) is 127 cm³/mol. The summed E-state index contributed by atoms with van der Waals surface area (Å²) in [5.74, 6) is 0.123. The summed E-state index contributed by atoms with van der Waals surface area (Å²) < 4.78 is 17.4. The maximum absolute atomic E-state index is 15.6. The third-order valence-corrected chi connectivity index (χ3v) is 7.25. The van der Waals surface area contributed by atoms with Gasteiger partial charge in [-0.05, 0) is 37.5 Å². The molecule has 1 aliphatic heterocycles. The minimum Gasteiger partial charge on any atom is -0.398 e. The molecule has 1 fully saturated rings. The van der Waals surface area contributed by atoms with Crippen molar-refractivity contribution in [2.75, 3.05) is 37.4 Å². The summed E-state index contributed by atoms with van der Waals surface area (Å²) in [6.07, 6.45) is 5.80. The van der Waals surface area contributed by atoms with Gasteiger partial charge in [-0.2, -0.15) is 5.10 Å². The van der Waals surface area contributed by atoms with Crippen LogP contribution in [0.1, 0.15) is 41.2 Å². The van der Waals surface area contributed by atoms with Gasteiger partial charge in [0.05, 0.1) is 22.8 Å². The Kier molecular flexibility index (Phi) is 4.97. The van der Waals surface area contributed by atoms with E-state index in [2.05, 4.69) is 15.4 Å². The van der Waals surface area contributed by atoms with Crippen molar-refractivity contribution in [2.24, 2.45) is 0 Å². The van der Waals surface area contributed by atoms with Crippen LogP contribution in [0.2, 0.25) is 5.02 Å². The largest absolute Gasteiger partial charge is 0.398 e. The van der Waals surface area contributed by atoms with Crippen molar-refractivity contribution in [1.29, 1.82) is 0 Å². The third kappa shape index (κ3) is 3.21. The van der Waals surface area contributed by atoms with Gasteiger partial charge in [-0.3, -0.25) is 4.79 Å². The SMILES string of the molecule is CN(C)C(=O)c1c(N)ccc(-c2cnc3c(c2Cl)C2(CCC(n4nccc4N)C2)CN3)c1F. The van der Waals surface area contributed by atoms with Gasteiger partial charge in [-0.15, -0.1) is 0 Å². The standard InChI is InChI=1S/C23H25ClFN7O/c1-31(2)22(33)17-15(26)4-3-13(20(17)25)14-10-28-21-18(19(14)24)23(11-29-21)7-5-12(9-23)32-16(27)6-8-30-32/h3-4,6,8,10,12H,5,7,9,11,26-27H2,1-2H3,(H,28,29). The van der Waals surface area contributed by atoms with Crippen molar-refractivity contribution < 1.29 is 9.18 Å². The first kappa shape index (κ1) is 21.5. The van der Waals surface area contributed by atoms with E-state index in [1.54, 1.807) is 38.6 Å². The first-order valence-electron chi connectivity index (χ1n) is 10.8. The van der Waals surface area contributed by atoms with Gasteiger partial charge in [0.15, 0.2) is 0 Å². The molecule has 2 atom stereocenters. The molecule has 8 nitrogen and oxygen atoms in total. The van der Waals surface area contributed by atoms with Crippen molar-refractivity contribution in [3.63, 3.8) is 0 Å². The Morgan fingerprint density at radius 1 is 1.30 bits per heavy atom. The van der Waals surface area contributed by atoms with Crippen LogP contribution < -0.4 is 16.8 Å². The maximum atomic E-state index is 15.6. The van der Waals surface area contributed by atoms with E-state index in [0.29, 0.717) is 28.8 Å². The topological polar surface area (TPSA) is 115 Å². The van der Waals surface area contributed by atoms with E-state index in [1.807, 2.05) is 4.68 Å². The van der Waals surface area contributed by atoms with Crippen molar-refractivity contribution >= 4 is 34.8 Å².